The molecule has 26 heavy (non-hydrogen) atoms. The third-order valence-electron chi connectivity index (χ3n) is 5.97. The molecule has 7 heteroatoms. The molecule has 2 aliphatic heterocycles. The predicted molar refractivity (Wildman–Crippen MR) is 98.9 cm³/mol. The van der Waals surface area contributed by atoms with E-state index < -0.39 is 0 Å². The highest BCUT2D eigenvalue weighted by Crippen LogP contribution is 2.36. The van der Waals surface area contributed by atoms with Crippen LogP contribution in [0.25, 0.3) is 0 Å². The number of likely N-dealkylation sites (tertiary alicyclic amines) is 2. The standard InChI is InChI=1S/C19H32N4O3/c1-4-26-18(24)23-11-5-6-16(7-12-23)22-13-8-19(25-3,9-14-22)17-20-10-15-21(17)2/h10,15-16H,4-9,11-14H2,1-3H3. The van der Waals surface area contributed by atoms with Gasteiger partial charge in [0.05, 0.1) is 6.61 Å². The maximum absolute atomic E-state index is 12.0. The molecular weight excluding hydrogens is 332 g/mol. The zero-order chi connectivity index (χ0) is 18.6. The van der Waals surface area contributed by atoms with E-state index in [-0.39, 0.29) is 11.7 Å². The molecule has 0 radical (unpaired) electrons. The molecule has 0 saturated carbocycles. The van der Waals surface area contributed by atoms with Crippen molar-refractivity contribution in [1.29, 1.82) is 0 Å². The van der Waals surface area contributed by atoms with E-state index in [1.165, 1.54) is 0 Å². The summed E-state index contributed by atoms with van der Waals surface area (Å²) in [7, 11) is 3.83. The van der Waals surface area contributed by atoms with Crippen LogP contribution in [0.3, 0.4) is 0 Å². The second-order valence-electron chi connectivity index (χ2n) is 7.37. The van der Waals surface area contributed by atoms with Crippen molar-refractivity contribution < 1.29 is 14.3 Å². The summed E-state index contributed by atoms with van der Waals surface area (Å²) in [5.74, 6) is 1.02. The molecule has 0 aliphatic carbocycles. The van der Waals surface area contributed by atoms with E-state index in [1.807, 2.05) is 31.3 Å². The van der Waals surface area contributed by atoms with E-state index >= 15 is 0 Å². The first kappa shape index (κ1) is 19.2. The molecule has 0 N–H and O–H groups in total. The van der Waals surface area contributed by atoms with Gasteiger partial charge in [-0.2, -0.15) is 0 Å². The van der Waals surface area contributed by atoms with E-state index in [0.29, 0.717) is 12.6 Å². The lowest BCUT2D eigenvalue weighted by atomic mass is 9.88. The van der Waals surface area contributed by atoms with Crippen LogP contribution in [0.4, 0.5) is 4.79 Å². The van der Waals surface area contributed by atoms with E-state index in [9.17, 15) is 4.79 Å². The molecule has 3 rings (SSSR count). The maximum atomic E-state index is 12.0. The lowest BCUT2D eigenvalue weighted by Crippen LogP contribution is -2.49. The zero-order valence-corrected chi connectivity index (χ0v) is 16.3. The second kappa shape index (κ2) is 8.39. The van der Waals surface area contributed by atoms with E-state index in [4.69, 9.17) is 9.47 Å². The fraction of sp³-hybridized carbons (Fsp3) is 0.789. The second-order valence-corrected chi connectivity index (χ2v) is 7.37. The number of carbonyl (C=O) groups is 1. The van der Waals surface area contributed by atoms with E-state index in [1.54, 1.807) is 7.11 Å². The number of carbonyl (C=O) groups excluding carboxylic acids is 1. The van der Waals surface area contributed by atoms with Crippen LogP contribution in [0.5, 0.6) is 0 Å². The summed E-state index contributed by atoms with van der Waals surface area (Å²) >= 11 is 0. The Balaban J connectivity index is 1.58. The van der Waals surface area contributed by atoms with Crippen LogP contribution < -0.4 is 0 Å². The number of rotatable bonds is 4. The van der Waals surface area contributed by atoms with Crippen molar-refractivity contribution >= 4 is 6.09 Å². The number of hydrogen-bond donors (Lipinski definition) is 0. The Kier molecular flexibility index (Phi) is 6.19. The minimum Gasteiger partial charge on any atom is -0.450 e. The Hall–Kier alpha value is -1.60. The van der Waals surface area contributed by atoms with Crippen molar-refractivity contribution in [3.8, 4) is 0 Å². The Labute approximate surface area is 156 Å². The van der Waals surface area contributed by atoms with Gasteiger partial charge in [-0.25, -0.2) is 9.78 Å². The third-order valence-corrected chi connectivity index (χ3v) is 5.97. The van der Waals surface area contributed by atoms with Gasteiger partial charge in [0.25, 0.3) is 0 Å². The van der Waals surface area contributed by atoms with Gasteiger partial charge in [-0.1, -0.05) is 0 Å². The molecule has 1 atom stereocenters. The third kappa shape index (κ3) is 3.88. The van der Waals surface area contributed by atoms with Gasteiger partial charge >= 0.3 is 6.09 Å². The van der Waals surface area contributed by atoms with Crippen LogP contribution in [-0.4, -0.2) is 71.4 Å². The molecule has 0 spiro atoms. The summed E-state index contributed by atoms with van der Waals surface area (Å²) in [6.45, 7) is 5.90. The Morgan fingerprint density at radius 2 is 2.04 bits per heavy atom. The van der Waals surface area contributed by atoms with Crippen molar-refractivity contribution in [2.45, 2.75) is 50.7 Å². The van der Waals surface area contributed by atoms with Gasteiger partial charge in [0.15, 0.2) is 0 Å². The number of amides is 1. The van der Waals surface area contributed by atoms with Crippen LogP contribution in [0.2, 0.25) is 0 Å². The first-order valence-corrected chi connectivity index (χ1v) is 9.78. The minimum absolute atomic E-state index is 0.167. The fourth-order valence-electron chi connectivity index (χ4n) is 4.42. The van der Waals surface area contributed by atoms with Gasteiger partial charge < -0.3 is 23.8 Å². The van der Waals surface area contributed by atoms with Crippen LogP contribution in [0, 0.1) is 0 Å². The van der Waals surface area contributed by atoms with Gasteiger partial charge in [0, 0.05) is 58.8 Å². The summed E-state index contributed by atoms with van der Waals surface area (Å²) < 4.78 is 13.2. The van der Waals surface area contributed by atoms with Crippen molar-refractivity contribution in [2.24, 2.45) is 7.05 Å². The molecule has 2 aliphatic rings. The summed E-state index contributed by atoms with van der Waals surface area (Å²) in [6.07, 6.45) is 8.75. The first-order chi connectivity index (χ1) is 12.6. The van der Waals surface area contributed by atoms with Crippen LogP contribution in [0.1, 0.15) is 44.9 Å². The monoisotopic (exact) mass is 364 g/mol. The summed E-state index contributed by atoms with van der Waals surface area (Å²) in [5.41, 5.74) is -0.281. The largest absolute Gasteiger partial charge is 0.450 e. The Bertz CT molecular complexity index is 595. The Morgan fingerprint density at radius 3 is 2.65 bits per heavy atom. The topological polar surface area (TPSA) is 59.8 Å². The molecule has 2 saturated heterocycles. The molecule has 0 bridgehead atoms. The number of hydrogen-bond acceptors (Lipinski definition) is 5. The number of methoxy groups -OCH3 is 1. The minimum atomic E-state index is -0.281. The van der Waals surface area contributed by atoms with Crippen molar-refractivity contribution in [2.75, 3.05) is 39.9 Å². The highest BCUT2D eigenvalue weighted by molar-refractivity contribution is 5.67. The molecule has 146 valence electrons. The first-order valence-electron chi connectivity index (χ1n) is 9.78. The van der Waals surface area contributed by atoms with Gasteiger partial charge in [0.1, 0.15) is 11.4 Å². The summed E-state index contributed by atoms with van der Waals surface area (Å²) in [5, 5.41) is 0. The van der Waals surface area contributed by atoms with Gasteiger partial charge in [-0.05, 0) is 39.0 Å². The quantitative estimate of drug-likeness (QED) is 0.821. The molecule has 0 aromatic carbocycles. The van der Waals surface area contributed by atoms with E-state index in [0.717, 1.165) is 64.1 Å². The lowest BCUT2D eigenvalue weighted by Gasteiger charge is -2.43. The molecule has 3 heterocycles. The fourth-order valence-corrected chi connectivity index (χ4v) is 4.42. The summed E-state index contributed by atoms with van der Waals surface area (Å²) in [4.78, 5) is 21.0. The van der Waals surface area contributed by atoms with Crippen molar-refractivity contribution in [1.82, 2.24) is 19.4 Å². The average molecular weight is 364 g/mol. The number of ether oxygens (including phenoxy) is 2. The van der Waals surface area contributed by atoms with Gasteiger partial charge in [-0.15, -0.1) is 0 Å². The van der Waals surface area contributed by atoms with Crippen LogP contribution in [0.15, 0.2) is 12.4 Å². The molecule has 1 unspecified atom stereocenters. The predicted octanol–water partition coefficient (Wildman–Crippen LogP) is 2.37. The number of aryl methyl sites for hydroxylation is 1. The number of nitrogens with zero attached hydrogens (tertiary/aromatic N) is 4. The van der Waals surface area contributed by atoms with Crippen LogP contribution in [-0.2, 0) is 22.1 Å². The molecular formula is C19H32N4O3. The molecule has 1 aromatic heterocycles. The number of piperidine rings is 1. The number of imidazole rings is 1. The van der Waals surface area contributed by atoms with Gasteiger partial charge in [-0.3, -0.25) is 0 Å². The maximum Gasteiger partial charge on any atom is 0.409 e. The molecule has 1 aromatic rings. The average Bonchev–Trinajstić information content (AvgIpc) is 2.94. The van der Waals surface area contributed by atoms with Crippen molar-refractivity contribution in [3.63, 3.8) is 0 Å². The molecule has 1 amide bonds. The lowest BCUT2D eigenvalue weighted by molar-refractivity contribution is -0.0774. The van der Waals surface area contributed by atoms with Crippen LogP contribution >= 0.6 is 0 Å². The van der Waals surface area contributed by atoms with Crippen molar-refractivity contribution in [3.05, 3.63) is 18.2 Å². The highest BCUT2D eigenvalue weighted by atomic mass is 16.6. The Morgan fingerprint density at radius 1 is 1.27 bits per heavy atom. The highest BCUT2D eigenvalue weighted by Gasteiger charge is 2.41. The smallest absolute Gasteiger partial charge is 0.409 e. The number of aromatic nitrogens is 2. The van der Waals surface area contributed by atoms with Gasteiger partial charge in [0.2, 0.25) is 0 Å². The normalized spacial score (nSPS) is 24.3. The zero-order valence-electron chi connectivity index (χ0n) is 16.3. The molecule has 2 fully saturated rings. The SMILES string of the molecule is CCOC(=O)N1CCCC(N2CCC(OC)(c3nccn3C)CC2)CC1. The molecule has 7 nitrogen and oxygen atoms in total. The van der Waals surface area contributed by atoms with E-state index in [2.05, 4.69) is 14.5 Å². The summed E-state index contributed by atoms with van der Waals surface area (Å²) in [6, 6.07) is 0.533.